The molecule has 110 valence electrons. The van der Waals surface area contributed by atoms with Gasteiger partial charge in [-0.2, -0.15) is 0 Å². The van der Waals surface area contributed by atoms with Crippen LogP contribution < -0.4 is 5.32 Å². The molecule has 1 unspecified atom stereocenters. The van der Waals surface area contributed by atoms with Crippen molar-refractivity contribution in [2.75, 3.05) is 26.2 Å². The van der Waals surface area contributed by atoms with E-state index in [9.17, 15) is 4.79 Å². The molecular formula is C15H21BrN2O2. The summed E-state index contributed by atoms with van der Waals surface area (Å²) in [7, 11) is 0. The van der Waals surface area contributed by atoms with E-state index in [0.717, 1.165) is 36.0 Å². The number of halogens is 1. The van der Waals surface area contributed by atoms with Crippen LogP contribution in [0.1, 0.15) is 30.9 Å². The molecule has 2 rings (SSSR count). The topological polar surface area (TPSA) is 52.6 Å². The standard InChI is InChI=1S/C15H21BrN2O2/c16-13-6-4-12(5-7-13)14(18-9-1-2-10-18)15(20)17-8-3-11-19/h4-7,14,19H,1-3,8-11H2,(H,17,20). The van der Waals surface area contributed by atoms with Gasteiger partial charge in [-0.3, -0.25) is 9.69 Å². The quantitative estimate of drug-likeness (QED) is 0.779. The Morgan fingerprint density at radius 3 is 2.55 bits per heavy atom. The molecule has 0 saturated carbocycles. The Bertz CT molecular complexity index is 430. The second-order valence-electron chi connectivity index (χ2n) is 5.07. The third kappa shape index (κ3) is 4.04. The highest BCUT2D eigenvalue weighted by molar-refractivity contribution is 9.10. The number of carbonyl (C=O) groups is 1. The number of hydrogen-bond acceptors (Lipinski definition) is 3. The molecule has 20 heavy (non-hydrogen) atoms. The number of carbonyl (C=O) groups excluding carboxylic acids is 1. The molecule has 2 N–H and O–H groups in total. The molecule has 1 saturated heterocycles. The maximum Gasteiger partial charge on any atom is 0.241 e. The first-order valence-electron chi connectivity index (χ1n) is 7.10. The number of amides is 1. The van der Waals surface area contributed by atoms with Crippen molar-refractivity contribution >= 4 is 21.8 Å². The van der Waals surface area contributed by atoms with Crippen molar-refractivity contribution in [3.05, 3.63) is 34.3 Å². The average Bonchev–Trinajstić information content (AvgIpc) is 2.95. The Labute approximate surface area is 128 Å². The summed E-state index contributed by atoms with van der Waals surface area (Å²) >= 11 is 3.42. The first-order chi connectivity index (χ1) is 9.72. The second kappa shape index (κ2) is 7.76. The van der Waals surface area contributed by atoms with Gasteiger partial charge in [0.15, 0.2) is 0 Å². The van der Waals surface area contributed by atoms with Gasteiger partial charge in [0.2, 0.25) is 5.91 Å². The molecule has 0 radical (unpaired) electrons. The predicted molar refractivity (Wildman–Crippen MR) is 82.4 cm³/mol. The minimum atomic E-state index is -0.218. The van der Waals surface area contributed by atoms with E-state index in [1.165, 1.54) is 0 Å². The number of hydrogen-bond donors (Lipinski definition) is 2. The van der Waals surface area contributed by atoms with E-state index in [4.69, 9.17) is 5.11 Å². The molecule has 1 aliphatic heterocycles. The van der Waals surface area contributed by atoms with Gasteiger partial charge < -0.3 is 10.4 Å². The second-order valence-corrected chi connectivity index (χ2v) is 5.98. The summed E-state index contributed by atoms with van der Waals surface area (Å²) in [6, 6.07) is 7.72. The fourth-order valence-corrected chi connectivity index (χ4v) is 2.82. The lowest BCUT2D eigenvalue weighted by atomic mass is 10.0. The monoisotopic (exact) mass is 340 g/mol. The van der Waals surface area contributed by atoms with E-state index in [0.29, 0.717) is 13.0 Å². The van der Waals surface area contributed by atoms with Gasteiger partial charge >= 0.3 is 0 Å². The molecular weight excluding hydrogens is 320 g/mol. The van der Waals surface area contributed by atoms with Gasteiger partial charge in [-0.15, -0.1) is 0 Å². The summed E-state index contributed by atoms with van der Waals surface area (Å²) in [6.45, 7) is 2.56. The number of aliphatic hydroxyl groups is 1. The van der Waals surface area contributed by atoms with Crippen LogP contribution in [0.4, 0.5) is 0 Å². The SMILES string of the molecule is O=C(NCCCO)C(c1ccc(Br)cc1)N1CCCC1. The number of aliphatic hydroxyl groups excluding tert-OH is 1. The molecule has 0 spiro atoms. The molecule has 0 aromatic heterocycles. The third-order valence-electron chi connectivity index (χ3n) is 3.57. The van der Waals surface area contributed by atoms with E-state index < -0.39 is 0 Å². The van der Waals surface area contributed by atoms with E-state index in [-0.39, 0.29) is 18.6 Å². The summed E-state index contributed by atoms with van der Waals surface area (Å²) in [5.41, 5.74) is 1.02. The lowest BCUT2D eigenvalue weighted by Gasteiger charge is -2.27. The summed E-state index contributed by atoms with van der Waals surface area (Å²) in [6.07, 6.45) is 2.90. The van der Waals surface area contributed by atoms with E-state index >= 15 is 0 Å². The number of nitrogens with zero attached hydrogens (tertiary/aromatic N) is 1. The maximum absolute atomic E-state index is 12.4. The summed E-state index contributed by atoms with van der Waals surface area (Å²) in [5, 5.41) is 11.7. The molecule has 1 aliphatic rings. The van der Waals surface area contributed by atoms with Crippen molar-refractivity contribution in [1.29, 1.82) is 0 Å². The van der Waals surface area contributed by atoms with E-state index in [2.05, 4.69) is 26.1 Å². The zero-order chi connectivity index (χ0) is 14.4. The number of nitrogens with one attached hydrogen (secondary N) is 1. The molecule has 1 fully saturated rings. The fraction of sp³-hybridized carbons (Fsp3) is 0.533. The van der Waals surface area contributed by atoms with Gasteiger partial charge in [0, 0.05) is 17.6 Å². The summed E-state index contributed by atoms with van der Waals surface area (Å²) in [5.74, 6) is 0.0303. The number of benzene rings is 1. The average molecular weight is 341 g/mol. The smallest absolute Gasteiger partial charge is 0.241 e. The van der Waals surface area contributed by atoms with Gasteiger partial charge in [-0.1, -0.05) is 28.1 Å². The van der Waals surface area contributed by atoms with Crippen molar-refractivity contribution in [3.8, 4) is 0 Å². The first kappa shape index (κ1) is 15.5. The van der Waals surface area contributed by atoms with Crippen molar-refractivity contribution in [1.82, 2.24) is 10.2 Å². The molecule has 0 aliphatic carbocycles. The largest absolute Gasteiger partial charge is 0.396 e. The summed E-state index contributed by atoms with van der Waals surface area (Å²) in [4.78, 5) is 14.7. The van der Waals surface area contributed by atoms with Crippen LogP contribution in [0.2, 0.25) is 0 Å². The highest BCUT2D eigenvalue weighted by atomic mass is 79.9. The van der Waals surface area contributed by atoms with Crippen molar-refractivity contribution in [2.24, 2.45) is 0 Å². The van der Waals surface area contributed by atoms with Gasteiger partial charge in [0.05, 0.1) is 0 Å². The number of likely N-dealkylation sites (tertiary alicyclic amines) is 1. The predicted octanol–water partition coefficient (Wildman–Crippen LogP) is 2.08. The molecule has 0 bridgehead atoms. The zero-order valence-electron chi connectivity index (χ0n) is 11.5. The minimum absolute atomic E-state index is 0.0303. The lowest BCUT2D eigenvalue weighted by Crippen LogP contribution is -2.39. The van der Waals surface area contributed by atoms with E-state index in [1.54, 1.807) is 0 Å². The van der Waals surface area contributed by atoms with Crippen LogP contribution >= 0.6 is 15.9 Å². The fourth-order valence-electron chi connectivity index (χ4n) is 2.56. The maximum atomic E-state index is 12.4. The molecule has 1 aromatic rings. The van der Waals surface area contributed by atoms with Crippen LogP contribution in [0.3, 0.4) is 0 Å². The van der Waals surface area contributed by atoms with Crippen LogP contribution in [0, 0.1) is 0 Å². The van der Waals surface area contributed by atoms with Crippen LogP contribution in [0.25, 0.3) is 0 Å². The molecule has 4 nitrogen and oxygen atoms in total. The molecule has 1 heterocycles. The highest BCUT2D eigenvalue weighted by Gasteiger charge is 2.29. The van der Waals surface area contributed by atoms with Crippen LogP contribution in [-0.4, -0.2) is 42.2 Å². The third-order valence-corrected chi connectivity index (χ3v) is 4.10. The summed E-state index contributed by atoms with van der Waals surface area (Å²) < 4.78 is 1.02. The Kier molecular flexibility index (Phi) is 6.01. The lowest BCUT2D eigenvalue weighted by molar-refractivity contribution is -0.126. The minimum Gasteiger partial charge on any atom is -0.396 e. The van der Waals surface area contributed by atoms with Crippen molar-refractivity contribution in [3.63, 3.8) is 0 Å². The van der Waals surface area contributed by atoms with Gasteiger partial charge in [-0.25, -0.2) is 0 Å². The molecule has 1 atom stereocenters. The normalized spacial score (nSPS) is 17.1. The Hall–Kier alpha value is -0.910. The molecule has 5 heteroatoms. The highest BCUT2D eigenvalue weighted by Crippen LogP contribution is 2.26. The molecule has 1 amide bonds. The van der Waals surface area contributed by atoms with Gasteiger partial charge in [-0.05, 0) is 50.0 Å². The van der Waals surface area contributed by atoms with Crippen LogP contribution in [-0.2, 0) is 4.79 Å². The Morgan fingerprint density at radius 2 is 1.95 bits per heavy atom. The van der Waals surface area contributed by atoms with Crippen LogP contribution in [0.5, 0.6) is 0 Å². The van der Waals surface area contributed by atoms with Gasteiger partial charge in [0.25, 0.3) is 0 Å². The zero-order valence-corrected chi connectivity index (χ0v) is 13.1. The van der Waals surface area contributed by atoms with Gasteiger partial charge in [0.1, 0.15) is 6.04 Å². The van der Waals surface area contributed by atoms with E-state index in [1.807, 2.05) is 24.3 Å². The van der Waals surface area contributed by atoms with Crippen molar-refractivity contribution < 1.29 is 9.90 Å². The van der Waals surface area contributed by atoms with Crippen LogP contribution in [0.15, 0.2) is 28.7 Å². The van der Waals surface area contributed by atoms with Crippen molar-refractivity contribution in [2.45, 2.75) is 25.3 Å². The molecule has 1 aromatic carbocycles. The Balaban J connectivity index is 2.11. The Morgan fingerprint density at radius 1 is 1.30 bits per heavy atom. The number of rotatable bonds is 6. The first-order valence-corrected chi connectivity index (χ1v) is 7.90.